The normalized spacial score (nSPS) is 24.4. The Bertz CT molecular complexity index is 316. The predicted octanol–water partition coefficient (Wildman–Crippen LogP) is 0.376. The van der Waals surface area contributed by atoms with Crippen molar-refractivity contribution in [2.45, 2.75) is 12.8 Å². The lowest BCUT2D eigenvalue weighted by Gasteiger charge is -2.30. The third-order valence-electron chi connectivity index (χ3n) is 2.46. The summed E-state index contributed by atoms with van der Waals surface area (Å²) in [5.41, 5.74) is 0. The molecule has 4 heteroatoms. The minimum atomic E-state index is -2.84. The zero-order valence-electron chi connectivity index (χ0n) is 8.57. The molecule has 0 bridgehead atoms. The van der Waals surface area contributed by atoms with Crippen LogP contribution in [0.2, 0.25) is 0 Å². The zero-order chi connectivity index (χ0) is 10.6. The van der Waals surface area contributed by atoms with Gasteiger partial charge in [0.05, 0.1) is 12.3 Å². The summed E-state index contributed by atoms with van der Waals surface area (Å²) in [7, 11) is -2.84. The van der Waals surface area contributed by atoms with Gasteiger partial charge >= 0.3 is 0 Å². The molecule has 1 heterocycles. The number of hydrogen-bond acceptors (Lipinski definition) is 3. The van der Waals surface area contributed by atoms with Crippen LogP contribution < -0.4 is 0 Å². The first-order chi connectivity index (χ1) is 6.51. The molecule has 0 aromatic heterocycles. The summed E-state index contributed by atoms with van der Waals surface area (Å²) >= 11 is 0. The maximum absolute atomic E-state index is 11.1. The van der Waals surface area contributed by atoms with Crippen LogP contribution in [0, 0.1) is 18.3 Å². The van der Waals surface area contributed by atoms with Crippen molar-refractivity contribution >= 4 is 9.84 Å². The van der Waals surface area contributed by atoms with Crippen LogP contribution in [0.1, 0.15) is 12.8 Å². The first kappa shape index (κ1) is 11.5. The van der Waals surface area contributed by atoms with Crippen molar-refractivity contribution < 1.29 is 8.42 Å². The summed E-state index contributed by atoms with van der Waals surface area (Å²) in [6, 6.07) is 0. The Balaban J connectivity index is 2.45. The van der Waals surface area contributed by atoms with Crippen LogP contribution in [0.5, 0.6) is 0 Å². The number of piperidine rings is 1. The van der Waals surface area contributed by atoms with Gasteiger partial charge in [-0.15, -0.1) is 6.42 Å². The van der Waals surface area contributed by atoms with Crippen molar-refractivity contribution in [3.63, 3.8) is 0 Å². The lowest BCUT2D eigenvalue weighted by atomic mass is 10.0. The molecule has 1 aliphatic rings. The molecule has 1 rings (SSSR count). The molecule has 3 nitrogen and oxygen atoms in total. The van der Waals surface area contributed by atoms with Gasteiger partial charge in [0.1, 0.15) is 9.84 Å². The number of terminal acetylenes is 1. The van der Waals surface area contributed by atoms with Gasteiger partial charge in [0.15, 0.2) is 0 Å². The molecule has 0 amide bonds. The van der Waals surface area contributed by atoms with E-state index in [9.17, 15) is 8.42 Å². The van der Waals surface area contributed by atoms with Crippen LogP contribution in [-0.2, 0) is 9.84 Å². The predicted molar refractivity (Wildman–Crippen MR) is 57.7 cm³/mol. The zero-order valence-corrected chi connectivity index (χ0v) is 9.39. The fourth-order valence-corrected chi connectivity index (χ4v) is 3.12. The van der Waals surface area contributed by atoms with Crippen molar-refractivity contribution in [1.29, 1.82) is 0 Å². The van der Waals surface area contributed by atoms with E-state index in [4.69, 9.17) is 6.42 Å². The smallest absolute Gasteiger partial charge is 0.147 e. The molecule has 80 valence electrons. The van der Waals surface area contributed by atoms with Gasteiger partial charge in [-0.3, -0.25) is 4.90 Å². The van der Waals surface area contributed by atoms with E-state index in [2.05, 4.69) is 10.8 Å². The first-order valence-corrected chi connectivity index (χ1v) is 6.91. The third kappa shape index (κ3) is 4.12. The highest BCUT2D eigenvalue weighted by atomic mass is 32.2. The fourth-order valence-electron chi connectivity index (χ4n) is 1.99. The van der Waals surface area contributed by atoms with Crippen LogP contribution in [0.15, 0.2) is 0 Å². The van der Waals surface area contributed by atoms with Gasteiger partial charge < -0.3 is 0 Å². The molecule has 0 saturated carbocycles. The maximum Gasteiger partial charge on any atom is 0.147 e. The number of rotatable bonds is 3. The van der Waals surface area contributed by atoms with Crippen LogP contribution in [-0.4, -0.2) is 45.0 Å². The van der Waals surface area contributed by atoms with Crippen molar-refractivity contribution in [1.82, 2.24) is 4.90 Å². The highest BCUT2D eigenvalue weighted by Crippen LogP contribution is 2.17. The molecule has 1 atom stereocenters. The Morgan fingerprint density at radius 2 is 2.29 bits per heavy atom. The van der Waals surface area contributed by atoms with Crippen LogP contribution >= 0.6 is 0 Å². The van der Waals surface area contributed by atoms with E-state index in [1.807, 2.05) is 0 Å². The number of likely N-dealkylation sites (tertiary alicyclic amines) is 1. The fraction of sp³-hybridized carbons (Fsp3) is 0.800. The number of nitrogens with zero attached hydrogens (tertiary/aromatic N) is 1. The Labute approximate surface area is 86.4 Å². The molecular weight excluding hydrogens is 198 g/mol. The SMILES string of the molecule is C#CCN1CCCC(CS(C)(=O)=O)C1. The monoisotopic (exact) mass is 215 g/mol. The highest BCUT2D eigenvalue weighted by molar-refractivity contribution is 7.90. The largest absolute Gasteiger partial charge is 0.292 e. The summed E-state index contributed by atoms with van der Waals surface area (Å²) in [6.45, 7) is 2.47. The van der Waals surface area contributed by atoms with Crippen LogP contribution in [0.4, 0.5) is 0 Å². The lowest BCUT2D eigenvalue weighted by Crippen LogP contribution is -2.38. The molecule has 1 aliphatic heterocycles. The van der Waals surface area contributed by atoms with E-state index in [0.29, 0.717) is 12.3 Å². The molecule has 1 unspecified atom stereocenters. The van der Waals surface area contributed by atoms with Crippen LogP contribution in [0.3, 0.4) is 0 Å². The minimum absolute atomic E-state index is 0.270. The van der Waals surface area contributed by atoms with Crippen molar-refractivity contribution in [3.05, 3.63) is 0 Å². The quantitative estimate of drug-likeness (QED) is 0.639. The second-order valence-electron chi connectivity index (χ2n) is 4.04. The van der Waals surface area contributed by atoms with Gasteiger partial charge in [-0.2, -0.15) is 0 Å². The van der Waals surface area contributed by atoms with Crippen LogP contribution in [0.25, 0.3) is 0 Å². The van der Waals surface area contributed by atoms with Gasteiger partial charge in [-0.05, 0) is 25.3 Å². The van der Waals surface area contributed by atoms with E-state index in [1.54, 1.807) is 0 Å². The molecule has 0 N–H and O–H groups in total. The molecule has 1 fully saturated rings. The van der Waals surface area contributed by atoms with Gasteiger partial charge in [-0.1, -0.05) is 5.92 Å². The topological polar surface area (TPSA) is 37.4 Å². The second kappa shape index (κ2) is 4.81. The van der Waals surface area contributed by atoms with E-state index < -0.39 is 9.84 Å². The maximum atomic E-state index is 11.1. The average molecular weight is 215 g/mol. The Morgan fingerprint density at radius 3 is 2.86 bits per heavy atom. The van der Waals surface area contributed by atoms with Gasteiger partial charge in [0.2, 0.25) is 0 Å². The molecule has 0 aliphatic carbocycles. The molecule has 0 aromatic carbocycles. The molecule has 1 saturated heterocycles. The van der Waals surface area contributed by atoms with Gasteiger partial charge in [0.25, 0.3) is 0 Å². The van der Waals surface area contributed by atoms with E-state index in [1.165, 1.54) is 6.26 Å². The molecule has 0 aromatic rings. The number of sulfone groups is 1. The molecule has 0 radical (unpaired) electrons. The molecular formula is C10H17NO2S. The Kier molecular flexibility index (Phi) is 3.97. The summed E-state index contributed by atoms with van der Waals surface area (Å²) in [4.78, 5) is 2.15. The van der Waals surface area contributed by atoms with E-state index in [-0.39, 0.29) is 5.92 Å². The van der Waals surface area contributed by atoms with E-state index in [0.717, 1.165) is 25.9 Å². The summed E-state index contributed by atoms with van der Waals surface area (Å²) in [5, 5.41) is 0. The van der Waals surface area contributed by atoms with E-state index >= 15 is 0 Å². The second-order valence-corrected chi connectivity index (χ2v) is 6.22. The van der Waals surface area contributed by atoms with Crippen molar-refractivity contribution in [2.24, 2.45) is 5.92 Å². The standard InChI is InChI=1S/C10H17NO2S/c1-3-6-11-7-4-5-10(8-11)9-14(2,12)13/h1,10H,4-9H2,2H3. The molecule has 0 spiro atoms. The van der Waals surface area contributed by atoms with Gasteiger partial charge in [-0.25, -0.2) is 8.42 Å². The third-order valence-corrected chi connectivity index (χ3v) is 3.53. The van der Waals surface area contributed by atoms with Crippen molar-refractivity contribution in [3.8, 4) is 12.3 Å². The summed E-state index contributed by atoms with van der Waals surface area (Å²) in [6.07, 6.45) is 8.59. The summed E-state index contributed by atoms with van der Waals surface area (Å²) < 4.78 is 22.2. The Morgan fingerprint density at radius 1 is 1.57 bits per heavy atom. The Hall–Kier alpha value is -0.530. The summed E-state index contributed by atoms with van der Waals surface area (Å²) in [5.74, 6) is 3.17. The first-order valence-electron chi connectivity index (χ1n) is 4.85. The van der Waals surface area contributed by atoms with Crippen molar-refractivity contribution in [2.75, 3.05) is 31.6 Å². The lowest BCUT2D eigenvalue weighted by molar-refractivity contribution is 0.205. The highest BCUT2D eigenvalue weighted by Gasteiger charge is 2.22. The van der Waals surface area contributed by atoms with Gasteiger partial charge in [0, 0.05) is 12.8 Å². The molecule has 14 heavy (non-hydrogen) atoms. The number of hydrogen-bond donors (Lipinski definition) is 0. The minimum Gasteiger partial charge on any atom is -0.292 e. The average Bonchev–Trinajstić information content (AvgIpc) is 2.02.